The number of ether oxygens (including phenoxy) is 1. The first-order valence-electron chi connectivity index (χ1n) is 12.5. The Morgan fingerprint density at radius 2 is 1.77 bits per heavy atom. The molecule has 2 saturated heterocycles. The number of rotatable bonds is 7. The van der Waals surface area contributed by atoms with Crippen LogP contribution in [0.4, 0.5) is 0 Å². The number of nitrogens with one attached hydrogen (secondary N) is 1. The maximum atomic E-state index is 13.6. The number of hydrogen-bond donors (Lipinski definition) is 1. The van der Waals surface area contributed by atoms with E-state index in [2.05, 4.69) is 39.5 Å². The van der Waals surface area contributed by atoms with E-state index in [4.69, 9.17) is 4.74 Å². The second-order valence-electron chi connectivity index (χ2n) is 10.5. The van der Waals surface area contributed by atoms with Crippen molar-refractivity contribution in [1.82, 2.24) is 15.2 Å². The van der Waals surface area contributed by atoms with Gasteiger partial charge in [-0.3, -0.25) is 14.6 Å². The third-order valence-corrected chi connectivity index (χ3v) is 7.39. The van der Waals surface area contributed by atoms with Gasteiger partial charge in [-0.1, -0.05) is 36.4 Å². The van der Waals surface area contributed by atoms with Crippen LogP contribution < -0.4 is 10.1 Å². The number of aromatic nitrogens is 1. The number of fused-ring (bicyclic) bond motifs is 3. The molecule has 3 aromatic rings. The molecule has 0 radical (unpaired) electrons. The van der Waals surface area contributed by atoms with Crippen LogP contribution in [-0.4, -0.2) is 45.9 Å². The predicted octanol–water partition coefficient (Wildman–Crippen LogP) is 4.52. The molecule has 0 unspecified atom stereocenters. The van der Waals surface area contributed by atoms with Crippen molar-refractivity contribution in [3.05, 3.63) is 72.6 Å². The molecule has 5 rings (SSSR count). The van der Waals surface area contributed by atoms with Gasteiger partial charge in [0.2, 0.25) is 5.91 Å². The van der Waals surface area contributed by atoms with E-state index in [1.165, 1.54) is 10.9 Å². The van der Waals surface area contributed by atoms with Crippen LogP contribution in [0.15, 0.2) is 67.0 Å². The first-order chi connectivity index (χ1) is 16.9. The molecule has 182 valence electrons. The monoisotopic (exact) mass is 471 g/mol. The van der Waals surface area contributed by atoms with E-state index in [0.717, 1.165) is 37.5 Å². The highest BCUT2D eigenvalue weighted by Gasteiger charge is 2.47. The summed E-state index contributed by atoms with van der Waals surface area (Å²) in [6.45, 7) is 3.48. The normalized spacial score (nSPS) is 21.7. The summed E-state index contributed by atoms with van der Waals surface area (Å²) in [5.74, 6) is 0.915. The van der Waals surface area contributed by atoms with Crippen LogP contribution in [0.1, 0.15) is 45.1 Å². The number of amides is 2. The molecular formula is C29H33N3O3. The molecule has 1 N–H and O–H groups in total. The molecule has 2 amide bonds. The number of benzene rings is 2. The molecule has 2 bridgehead atoms. The third kappa shape index (κ3) is 5.16. The molecule has 35 heavy (non-hydrogen) atoms. The lowest BCUT2D eigenvalue weighted by atomic mass is 9.84. The van der Waals surface area contributed by atoms with E-state index in [1.54, 1.807) is 26.0 Å². The van der Waals surface area contributed by atoms with Crippen molar-refractivity contribution < 1.29 is 14.3 Å². The van der Waals surface area contributed by atoms with Crippen molar-refractivity contribution >= 4 is 22.6 Å². The molecular weight excluding hydrogens is 438 g/mol. The summed E-state index contributed by atoms with van der Waals surface area (Å²) in [7, 11) is 0. The number of piperidine rings is 1. The fourth-order valence-electron chi connectivity index (χ4n) is 5.81. The van der Waals surface area contributed by atoms with Crippen LogP contribution in [0.5, 0.6) is 5.75 Å². The minimum atomic E-state index is -0.975. The molecule has 6 nitrogen and oxygen atoms in total. The van der Waals surface area contributed by atoms with Gasteiger partial charge in [0.25, 0.3) is 5.91 Å². The van der Waals surface area contributed by atoms with Crippen LogP contribution in [0.25, 0.3) is 10.8 Å². The highest BCUT2D eigenvalue weighted by atomic mass is 16.5. The fourth-order valence-corrected chi connectivity index (χ4v) is 5.81. The average Bonchev–Trinajstić information content (AvgIpc) is 3.12. The van der Waals surface area contributed by atoms with Gasteiger partial charge in [0, 0.05) is 29.9 Å². The van der Waals surface area contributed by atoms with Gasteiger partial charge in [-0.15, -0.1) is 0 Å². The Labute approximate surface area is 206 Å². The molecule has 2 atom stereocenters. The fraction of sp³-hybridized carbons (Fsp3) is 0.414. The van der Waals surface area contributed by atoms with Gasteiger partial charge in [-0.25, -0.2) is 0 Å². The minimum absolute atomic E-state index is 0.00900. The Morgan fingerprint density at radius 1 is 1.03 bits per heavy atom. The van der Waals surface area contributed by atoms with E-state index in [1.807, 2.05) is 30.6 Å². The zero-order valence-corrected chi connectivity index (χ0v) is 20.4. The maximum absolute atomic E-state index is 13.6. The Bertz CT molecular complexity index is 1200. The lowest BCUT2D eigenvalue weighted by Crippen LogP contribution is -2.60. The van der Waals surface area contributed by atoms with E-state index in [-0.39, 0.29) is 30.5 Å². The van der Waals surface area contributed by atoms with E-state index in [9.17, 15) is 9.59 Å². The number of nitrogens with zero attached hydrogens (tertiary/aromatic N) is 2. The van der Waals surface area contributed by atoms with Crippen molar-refractivity contribution in [2.45, 2.75) is 63.6 Å². The lowest BCUT2D eigenvalue weighted by Gasteiger charge is -2.43. The molecule has 0 saturated carbocycles. The first-order valence-corrected chi connectivity index (χ1v) is 12.5. The SMILES string of the molecule is CC(C)(NC(=O)COc1ccccc1)C(=O)N1[C@H]2CC[C@H]1CC(Cc1ccc3cnccc3c1)C2. The first kappa shape index (κ1) is 23.3. The molecule has 2 aliphatic rings. The van der Waals surface area contributed by atoms with Crippen molar-refractivity contribution in [3.63, 3.8) is 0 Å². The molecule has 2 fully saturated rings. The van der Waals surface area contributed by atoms with Crippen LogP contribution in [0, 0.1) is 5.92 Å². The summed E-state index contributed by atoms with van der Waals surface area (Å²) in [6.07, 6.45) is 8.87. The van der Waals surface area contributed by atoms with E-state index >= 15 is 0 Å². The van der Waals surface area contributed by atoms with Gasteiger partial charge in [0.1, 0.15) is 11.3 Å². The van der Waals surface area contributed by atoms with Gasteiger partial charge in [-0.2, -0.15) is 0 Å². The van der Waals surface area contributed by atoms with Crippen LogP contribution in [-0.2, 0) is 16.0 Å². The summed E-state index contributed by atoms with van der Waals surface area (Å²) in [5.41, 5.74) is 0.371. The lowest BCUT2D eigenvalue weighted by molar-refractivity contribution is -0.145. The van der Waals surface area contributed by atoms with Gasteiger partial charge in [0.15, 0.2) is 6.61 Å². The summed E-state index contributed by atoms with van der Waals surface area (Å²) in [4.78, 5) is 32.4. The molecule has 3 heterocycles. The maximum Gasteiger partial charge on any atom is 0.258 e. The van der Waals surface area contributed by atoms with Gasteiger partial charge >= 0.3 is 0 Å². The minimum Gasteiger partial charge on any atom is -0.484 e. The highest BCUT2D eigenvalue weighted by Crippen LogP contribution is 2.41. The van der Waals surface area contributed by atoms with Crippen LogP contribution >= 0.6 is 0 Å². The molecule has 0 aliphatic carbocycles. The highest BCUT2D eigenvalue weighted by molar-refractivity contribution is 5.91. The third-order valence-electron chi connectivity index (χ3n) is 7.39. The van der Waals surface area contributed by atoms with Crippen molar-refractivity contribution in [2.24, 2.45) is 5.92 Å². The average molecular weight is 472 g/mol. The molecule has 2 aliphatic heterocycles. The van der Waals surface area contributed by atoms with Crippen LogP contribution in [0.2, 0.25) is 0 Å². The molecule has 0 spiro atoms. The van der Waals surface area contributed by atoms with E-state index < -0.39 is 5.54 Å². The number of carbonyl (C=O) groups excluding carboxylic acids is 2. The second kappa shape index (κ2) is 9.68. The number of pyridine rings is 1. The van der Waals surface area contributed by atoms with Crippen molar-refractivity contribution in [3.8, 4) is 5.75 Å². The summed E-state index contributed by atoms with van der Waals surface area (Å²) in [6, 6.07) is 18.4. The summed E-state index contributed by atoms with van der Waals surface area (Å²) >= 11 is 0. The Hall–Kier alpha value is -3.41. The number of carbonyl (C=O) groups is 2. The molecule has 1 aromatic heterocycles. The zero-order valence-electron chi connectivity index (χ0n) is 20.4. The standard InChI is InChI=1S/C29H33N3O3/c1-29(2,31-27(33)19-35-26-6-4-3-5-7-26)28(34)32-24-10-11-25(32)17-21(16-24)14-20-8-9-23-18-30-13-12-22(23)15-20/h3-9,12-13,15,18,21,24-25H,10-11,14,16-17,19H2,1-2H3,(H,31,33)/t24-,25-/m0/s1. The Kier molecular flexibility index (Phi) is 6.46. The summed E-state index contributed by atoms with van der Waals surface area (Å²) in [5, 5.41) is 5.29. The van der Waals surface area contributed by atoms with Gasteiger partial charge < -0.3 is 15.0 Å². The van der Waals surface area contributed by atoms with Gasteiger partial charge in [0.05, 0.1) is 0 Å². The van der Waals surface area contributed by atoms with Crippen molar-refractivity contribution in [1.29, 1.82) is 0 Å². The van der Waals surface area contributed by atoms with Crippen molar-refractivity contribution in [2.75, 3.05) is 6.61 Å². The molecule has 6 heteroatoms. The molecule has 2 aromatic carbocycles. The predicted molar refractivity (Wildman–Crippen MR) is 136 cm³/mol. The summed E-state index contributed by atoms with van der Waals surface area (Å²) < 4.78 is 5.55. The quantitative estimate of drug-likeness (QED) is 0.550. The topological polar surface area (TPSA) is 71.5 Å². The Morgan fingerprint density at radius 3 is 2.51 bits per heavy atom. The Balaban J connectivity index is 1.19. The zero-order chi connectivity index (χ0) is 24.4. The largest absolute Gasteiger partial charge is 0.484 e. The number of hydrogen-bond acceptors (Lipinski definition) is 4. The van der Waals surface area contributed by atoms with E-state index in [0.29, 0.717) is 11.7 Å². The van der Waals surface area contributed by atoms with Gasteiger partial charge in [-0.05, 0) is 81.0 Å². The second-order valence-corrected chi connectivity index (χ2v) is 10.5. The van der Waals surface area contributed by atoms with Crippen LogP contribution in [0.3, 0.4) is 0 Å². The number of para-hydroxylation sites is 1. The smallest absolute Gasteiger partial charge is 0.258 e.